The Balaban J connectivity index is 1.59. The van der Waals surface area contributed by atoms with Crippen molar-refractivity contribution in [3.8, 4) is 0 Å². The van der Waals surface area contributed by atoms with Crippen molar-refractivity contribution in [1.29, 1.82) is 0 Å². The van der Waals surface area contributed by atoms with Crippen LogP contribution in [0.3, 0.4) is 0 Å². The van der Waals surface area contributed by atoms with Gasteiger partial charge in [-0.3, -0.25) is 4.79 Å². The Hall–Kier alpha value is -2.86. The molecule has 28 heavy (non-hydrogen) atoms. The summed E-state index contributed by atoms with van der Waals surface area (Å²) in [5, 5.41) is 4.16. The molecule has 0 bridgehead atoms. The predicted molar refractivity (Wildman–Crippen MR) is 108 cm³/mol. The molecule has 1 fully saturated rings. The molecule has 1 saturated carbocycles. The Kier molecular flexibility index (Phi) is 5.05. The van der Waals surface area contributed by atoms with Crippen LogP contribution in [0.1, 0.15) is 18.4 Å². The van der Waals surface area contributed by atoms with Gasteiger partial charge in [-0.15, -0.1) is 0 Å². The summed E-state index contributed by atoms with van der Waals surface area (Å²) in [5.74, 6) is -0.0502. The number of fused-ring (bicyclic) bond motifs is 1. The number of benzene rings is 2. The Labute approximate surface area is 166 Å². The van der Waals surface area contributed by atoms with Crippen LogP contribution in [0.4, 0.5) is 14.9 Å². The fraction of sp³-hybridized carbons (Fsp3) is 0.238. The third-order valence-electron chi connectivity index (χ3n) is 4.89. The largest absolute Gasteiger partial charge is 0.328 e. The monoisotopic (exact) mass is 399 g/mol. The Morgan fingerprint density at radius 1 is 1.21 bits per heavy atom. The molecule has 1 aliphatic carbocycles. The van der Waals surface area contributed by atoms with Gasteiger partial charge in [-0.1, -0.05) is 29.8 Å². The maximum absolute atomic E-state index is 13.4. The number of nitrogens with zero attached hydrogens (tertiary/aromatic N) is 1. The van der Waals surface area contributed by atoms with E-state index < -0.39 is 5.82 Å². The quantitative estimate of drug-likeness (QED) is 0.649. The molecular weight excluding hydrogens is 381 g/mol. The molecule has 4 rings (SSSR count). The molecule has 0 spiro atoms. The number of anilines is 1. The van der Waals surface area contributed by atoms with Gasteiger partial charge in [-0.25, -0.2) is 9.18 Å². The van der Waals surface area contributed by atoms with E-state index in [1.165, 1.54) is 18.2 Å². The Morgan fingerprint density at radius 3 is 2.68 bits per heavy atom. The zero-order valence-corrected chi connectivity index (χ0v) is 15.8. The van der Waals surface area contributed by atoms with Crippen molar-refractivity contribution >= 4 is 34.1 Å². The van der Waals surface area contributed by atoms with E-state index in [9.17, 15) is 14.0 Å². The maximum atomic E-state index is 13.4. The molecule has 2 amide bonds. The van der Waals surface area contributed by atoms with Gasteiger partial charge >= 0.3 is 6.03 Å². The average Bonchev–Trinajstić information content (AvgIpc) is 3.50. The lowest BCUT2D eigenvalue weighted by molar-refractivity contribution is 0.206. The van der Waals surface area contributed by atoms with Crippen molar-refractivity contribution in [2.45, 2.75) is 19.4 Å². The maximum Gasteiger partial charge on any atom is 0.322 e. The lowest BCUT2D eigenvalue weighted by atomic mass is 10.1. The van der Waals surface area contributed by atoms with Crippen LogP contribution in [0.2, 0.25) is 5.02 Å². The third-order valence-corrected chi connectivity index (χ3v) is 5.18. The highest BCUT2D eigenvalue weighted by molar-refractivity contribution is 6.31. The molecule has 1 aromatic heterocycles. The first-order chi connectivity index (χ1) is 13.5. The second kappa shape index (κ2) is 7.64. The summed E-state index contributed by atoms with van der Waals surface area (Å²) in [4.78, 5) is 29.4. The van der Waals surface area contributed by atoms with Crippen molar-refractivity contribution in [3.63, 3.8) is 0 Å². The Bertz CT molecular complexity index is 1090. The molecule has 144 valence electrons. The van der Waals surface area contributed by atoms with Gasteiger partial charge in [0, 0.05) is 30.4 Å². The topological polar surface area (TPSA) is 65.2 Å². The zero-order valence-electron chi connectivity index (χ0n) is 15.0. The first-order valence-electron chi connectivity index (χ1n) is 9.11. The number of hydrogen-bond donors (Lipinski definition) is 2. The molecule has 2 N–H and O–H groups in total. The average molecular weight is 400 g/mol. The number of halogens is 2. The molecule has 5 nitrogen and oxygen atoms in total. The van der Waals surface area contributed by atoms with Gasteiger partial charge in [-0.05, 0) is 54.0 Å². The van der Waals surface area contributed by atoms with Crippen LogP contribution in [-0.2, 0) is 6.54 Å². The third kappa shape index (κ3) is 4.02. The number of aromatic nitrogens is 1. The second-order valence-corrected chi connectivity index (χ2v) is 7.48. The Morgan fingerprint density at radius 2 is 1.96 bits per heavy atom. The van der Waals surface area contributed by atoms with Crippen molar-refractivity contribution in [1.82, 2.24) is 9.88 Å². The van der Waals surface area contributed by atoms with E-state index in [0.717, 1.165) is 23.8 Å². The highest BCUT2D eigenvalue weighted by atomic mass is 35.5. The summed E-state index contributed by atoms with van der Waals surface area (Å²) < 4.78 is 13.4. The summed E-state index contributed by atoms with van der Waals surface area (Å²) >= 11 is 5.81. The summed E-state index contributed by atoms with van der Waals surface area (Å²) in [6.45, 7) is 0.975. The number of aromatic amines is 1. The number of amides is 2. The van der Waals surface area contributed by atoms with Crippen LogP contribution >= 0.6 is 11.6 Å². The summed E-state index contributed by atoms with van der Waals surface area (Å²) in [5.41, 5.74) is 1.14. The molecule has 0 unspecified atom stereocenters. The van der Waals surface area contributed by atoms with Gasteiger partial charge < -0.3 is 15.2 Å². The molecule has 0 aliphatic heterocycles. The summed E-state index contributed by atoms with van der Waals surface area (Å²) in [7, 11) is 0. The van der Waals surface area contributed by atoms with Crippen molar-refractivity contribution < 1.29 is 9.18 Å². The summed E-state index contributed by atoms with van der Waals surface area (Å²) in [6.07, 6.45) is 3.85. The first kappa shape index (κ1) is 18.5. The van der Waals surface area contributed by atoms with Crippen LogP contribution in [0.25, 0.3) is 10.8 Å². The normalized spacial score (nSPS) is 13.5. The number of nitrogens with one attached hydrogen (secondary N) is 2. The molecule has 2 aromatic carbocycles. The van der Waals surface area contributed by atoms with Gasteiger partial charge in [0.15, 0.2) is 0 Å². The number of carbonyl (C=O) groups is 1. The second-order valence-electron chi connectivity index (χ2n) is 7.07. The molecule has 1 heterocycles. The van der Waals surface area contributed by atoms with Crippen LogP contribution in [-0.4, -0.2) is 22.5 Å². The minimum atomic E-state index is -0.533. The SMILES string of the molecule is O=C(Nc1ccc(F)c(Cl)c1)N(Cc1c[nH]c(=O)c2ccccc12)CC1CC1. The highest BCUT2D eigenvalue weighted by Gasteiger charge is 2.27. The molecular formula is C21H19ClFN3O2. The van der Waals surface area contributed by atoms with Gasteiger partial charge in [0.2, 0.25) is 0 Å². The number of pyridine rings is 1. The summed E-state index contributed by atoms with van der Waals surface area (Å²) in [6, 6.07) is 11.1. The van der Waals surface area contributed by atoms with Crippen molar-refractivity contribution in [2.75, 3.05) is 11.9 Å². The number of carbonyl (C=O) groups excluding carboxylic acids is 1. The first-order valence-corrected chi connectivity index (χ1v) is 9.49. The molecule has 3 aromatic rings. The van der Waals surface area contributed by atoms with Gasteiger partial charge in [0.25, 0.3) is 5.56 Å². The lowest BCUT2D eigenvalue weighted by Crippen LogP contribution is -2.36. The van der Waals surface area contributed by atoms with Crippen LogP contribution in [0, 0.1) is 11.7 Å². The van der Waals surface area contributed by atoms with Crippen molar-refractivity contribution in [3.05, 3.63) is 75.4 Å². The standard InChI is InChI=1S/C21H19ClFN3O2/c22-18-9-15(7-8-19(18)23)25-21(28)26(11-13-5-6-13)12-14-10-24-20(27)17-4-2-1-3-16(14)17/h1-4,7-10,13H,5-6,11-12H2,(H,24,27)(H,25,28). The van der Waals surface area contributed by atoms with E-state index in [4.69, 9.17) is 11.6 Å². The van der Waals surface area contributed by atoms with Crippen LogP contribution in [0.5, 0.6) is 0 Å². The molecule has 0 radical (unpaired) electrons. The minimum Gasteiger partial charge on any atom is -0.328 e. The van der Waals surface area contributed by atoms with E-state index in [0.29, 0.717) is 30.1 Å². The fourth-order valence-corrected chi connectivity index (χ4v) is 3.39. The minimum absolute atomic E-state index is 0.0434. The van der Waals surface area contributed by atoms with Gasteiger partial charge in [0.05, 0.1) is 5.02 Å². The van der Waals surface area contributed by atoms with E-state index in [-0.39, 0.29) is 16.6 Å². The highest BCUT2D eigenvalue weighted by Crippen LogP contribution is 2.31. The fourth-order valence-electron chi connectivity index (χ4n) is 3.21. The van der Waals surface area contributed by atoms with E-state index in [1.54, 1.807) is 17.2 Å². The molecule has 1 aliphatic rings. The number of urea groups is 1. The number of hydrogen-bond acceptors (Lipinski definition) is 2. The van der Waals surface area contributed by atoms with Crippen LogP contribution < -0.4 is 10.9 Å². The number of H-pyrrole nitrogens is 1. The van der Waals surface area contributed by atoms with Gasteiger partial charge in [-0.2, -0.15) is 0 Å². The van der Waals surface area contributed by atoms with Crippen molar-refractivity contribution in [2.24, 2.45) is 5.92 Å². The van der Waals surface area contributed by atoms with E-state index in [2.05, 4.69) is 10.3 Å². The lowest BCUT2D eigenvalue weighted by Gasteiger charge is -2.24. The van der Waals surface area contributed by atoms with Gasteiger partial charge in [0.1, 0.15) is 5.82 Å². The smallest absolute Gasteiger partial charge is 0.322 e. The van der Waals surface area contributed by atoms with E-state index in [1.807, 2.05) is 18.2 Å². The van der Waals surface area contributed by atoms with E-state index >= 15 is 0 Å². The molecule has 0 atom stereocenters. The molecule has 7 heteroatoms. The zero-order chi connectivity index (χ0) is 19.7. The van der Waals surface area contributed by atoms with Crippen LogP contribution in [0.15, 0.2) is 53.5 Å². The predicted octanol–water partition coefficient (Wildman–Crippen LogP) is 4.76. The molecule has 0 saturated heterocycles. The number of rotatable bonds is 5.